The lowest BCUT2D eigenvalue weighted by Crippen LogP contribution is -2.36. The SMILES string of the molecule is CCCCC[C@H](O)/C=C/[C@@H]1[C@H]2C/C(=C/CCCC(=O)NCCCCCNC(=O)CCCC[C@H]3SC[C@H]4NC(=O)N[C@@H]43)C[C@@H]2C[C@@H]1O. The summed E-state index contributed by atoms with van der Waals surface area (Å²) in [6.45, 7) is 3.53. The van der Waals surface area contributed by atoms with Crippen LogP contribution in [0.15, 0.2) is 23.8 Å². The maximum Gasteiger partial charge on any atom is 0.315 e. The molecule has 6 N–H and O–H groups in total. The molecule has 4 aliphatic rings. The highest BCUT2D eigenvalue weighted by atomic mass is 32.2. The van der Waals surface area contributed by atoms with Crippen molar-refractivity contribution in [3.05, 3.63) is 23.8 Å². The van der Waals surface area contributed by atoms with Crippen molar-refractivity contribution >= 4 is 29.6 Å². The fraction of sp³-hybridized carbons (Fsp3) is 0.806. The monoisotopic (exact) mass is 660 g/mol. The van der Waals surface area contributed by atoms with Gasteiger partial charge in [-0.1, -0.05) is 56.4 Å². The summed E-state index contributed by atoms with van der Waals surface area (Å²) < 4.78 is 0. The molecule has 0 aromatic carbocycles. The van der Waals surface area contributed by atoms with E-state index in [-0.39, 0.29) is 42.0 Å². The summed E-state index contributed by atoms with van der Waals surface area (Å²) in [5.74, 6) is 2.32. The van der Waals surface area contributed by atoms with Crippen molar-refractivity contribution in [1.29, 1.82) is 0 Å². The van der Waals surface area contributed by atoms with Gasteiger partial charge in [-0.3, -0.25) is 9.59 Å². The van der Waals surface area contributed by atoms with E-state index in [2.05, 4.69) is 40.3 Å². The highest BCUT2D eigenvalue weighted by molar-refractivity contribution is 8.00. The fourth-order valence-corrected chi connectivity index (χ4v) is 9.34. The molecule has 4 fully saturated rings. The average Bonchev–Trinajstić information content (AvgIpc) is 3.77. The Morgan fingerprint density at radius 1 is 0.978 bits per heavy atom. The number of aliphatic hydroxyl groups is 2. The van der Waals surface area contributed by atoms with Crippen LogP contribution in [-0.2, 0) is 9.59 Å². The lowest BCUT2D eigenvalue weighted by Gasteiger charge is -2.17. The first-order valence-corrected chi connectivity index (χ1v) is 19.3. The van der Waals surface area contributed by atoms with Gasteiger partial charge in [-0.2, -0.15) is 11.8 Å². The first kappa shape index (κ1) is 36.8. The summed E-state index contributed by atoms with van der Waals surface area (Å²) in [7, 11) is 0. The predicted octanol–water partition coefficient (Wildman–Crippen LogP) is 5.12. The number of unbranched alkanes of at least 4 members (excludes halogenated alkanes) is 6. The molecule has 2 saturated carbocycles. The van der Waals surface area contributed by atoms with Crippen LogP contribution in [0.2, 0.25) is 0 Å². The number of urea groups is 1. The van der Waals surface area contributed by atoms with E-state index in [4.69, 9.17) is 0 Å². The number of carbonyl (C=O) groups excluding carboxylic acids is 3. The van der Waals surface area contributed by atoms with Crippen molar-refractivity contribution in [2.24, 2.45) is 17.8 Å². The number of rotatable bonds is 21. The Morgan fingerprint density at radius 2 is 1.74 bits per heavy atom. The first-order chi connectivity index (χ1) is 22.3. The summed E-state index contributed by atoms with van der Waals surface area (Å²) in [6.07, 6.45) is 21.2. The molecule has 0 radical (unpaired) electrons. The van der Waals surface area contributed by atoms with Crippen molar-refractivity contribution in [3.63, 3.8) is 0 Å². The minimum Gasteiger partial charge on any atom is -0.392 e. The van der Waals surface area contributed by atoms with Crippen LogP contribution in [0, 0.1) is 17.8 Å². The number of fused-ring (bicyclic) bond motifs is 2. The van der Waals surface area contributed by atoms with Crippen LogP contribution >= 0.6 is 11.8 Å². The number of nitrogens with one attached hydrogen (secondary N) is 4. The Morgan fingerprint density at radius 3 is 2.50 bits per heavy atom. The third-order valence-electron chi connectivity index (χ3n) is 10.4. The van der Waals surface area contributed by atoms with Crippen LogP contribution in [0.1, 0.15) is 116 Å². The second-order valence-electron chi connectivity index (χ2n) is 14.0. The fourth-order valence-electron chi connectivity index (χ4n) is 7.80. The molecule has 0 aromatic heterocycles. The zero-order chi connectivity index (χ0) is 32.7. The summed E-state index contributed by atoms with van der Waals surface area (Å²) >= 11 is 1.92. The zero-order valence-corrected chi connectivity index (χ0v) is 28.8. The zero-order valence-electron chi connectivity index (χ0n) is 28.0. The molecule has 8 atom stereocenters. The number of amides is 4. The van der Waals surface area contributed by atoms with Crippen LogP contribution in [0.25, 0.3) is 0 Å². The van der Waals surface area contributed by atoms with Gasteiger partial charge >= 0.3 is 6.03 Å². The number of thioether (sulfide) groups is 1. The van der Waals surface area contributed by atoms with Crippen molar-refractivity contribution in [2.45, 2.75) is 146 Å². The van der Waals surface area contributed by atoms with Gasteiger partial charge < -0.3 is 31.5 Å². The Labute approximate surface area is 281 Å². The molecule has 0 bridgehead atoms. The summed E-state index contributed by atoms with van der Waals surface area (Å²) in [5.41, 5.74) is 1.47. The standard InChI is InChI=1S/C36H60N4O5S/c1-2-3-5-13-27(41)17-18-28-29-22-25(21-26(29)23-31(28)42)12-6-8-15-33(43)37-19-10-4-11-20-38-34(44)16-9-7-14-32-35-30(24-46-32)39-36(45)40-35/h12,17-18,26-32,35,41-42H,2-11,13-16,19-24H2,1H3,(H,37,43)(H,38,44)(H2,39,40,45)/b18-17+,25-12+/t26-,27+,28-,29+,30-,31+,32-,35+/m1/s1. The van der Waals surface area contributed by atoms with Crippen molar-refractivity contribution < 1.29 is 24.6 Å². The van der Waals surface area contributed by atoms with Crippen LogP contribution < -0.4 is 21.3 Å². The molecule has 4 rings (SSSR count). The van der Waals surface area contributed by atoms with Gasteiger partial charge in [0.1, 0.15) is 0 Å². The quantitative estimate of drug-likeness (QED) is 0.0574. The largest absolute Gasteiger partial charge is 0.392 e. The van der Waals surface area contributed by atoms with Gasteiger partial charge in [0.2, 0.25) is 11.8 Å². The Hall–Kier alpha value is -2.04. The van der Waals surface area contributed by atoms with Gasteiger partial charge in [-0.15, -0.1) is 0 Å². The number of hydrogen-bond donors (Lipinski definition) is 6. The van der Waals surface area contributed by atoms with Gasteiger partial charge in [0, 0.05) is 42.9 Å². The van der Waals surface area contributed by atoms with Gasteiger partial charge in [0.25, 0.3) is 0 Å². The summed E-state index contributed by atoms with van der Waals surface area (Å²) in [4.78, 5) is 35.9. The maximum absolute atomic E-state index is 12.3. The molecular formula is C36H60N4O5S. The molecule has 46 heavy (non-hydrogen) atoms. The third kappa shape index (κ3) is 11.9. The lowest BCUT2D eigenvalue weighted by molar-refractivity contribution is -0.121. The molecule has 2 heterocycles. The molecule has 10 heteroatoms. The third-order valence-corrected chi connectivity index (χ3v) is 11.9. The maximum atomic E-state index is 12.3. The van der Waals surface area contributed by atoms with E-state index < -0.39 is 6.10 Å². The average molecular weight is 661 g/mol. The second kappa shape index (κ2) is 19.7. The van der Waals surface area contributed by atoms with Gasteiger partial charge in [-0.05, 0) is 82.5 Å². The van der Waals surface area contributed by atoms with Gasteiger partial charge in [-0.25, -0.2) is 4.79 Å². The minimum atomic E-state index is -0.410. The molecular weight excluding hydrogens is 600 g/mol. The van der Waals surface area contributed by atoms with Crippen LogP contribution in [-0.4, -0.2) is 76.4 Å². The van der Waals surface area contributed by atoms with Crippen LogP contribution in [0.4, 0.5) is 4.79 Å². The molecule has 9 nitrogen and oxygen atoms in total. The van der Waals surface area contributed by atoms with Gasteiger partial charge in [0.15, 0.2) is 0 Å². The molecule has 2 aliphatic heterocycles. The molecule has 0 aromatic rings. The molecule has 2 aliphatic carbocycles. The van der Waals surface area contributed by atoms with Crippen LogP contribution in [0.5, 0.6) is 0 Å². The number of allylic oxidation sites excluding steroid dienone is 2. The topological polar surface area (TPSA) is 140 Å². The Bertz CT molecular complexity index is 1040. The lowest BCUT2D eigenvalue weighted by atomic mass is 9.90. The highest BCUT2D eigenvalue weighted by Gasteiger charge is 2.45. The van der Waals surface area contributed by atoms with E-state index in [9.17, 15) is 24.6 Å². The van der Waals surface area contributed by atoms with Crippen molar-refractivity contribution in [1.82, 2.24) is 21.3 Å². The van der Waals surface area contributed by atoms with E-state index in [1.807, 2.05) is 17.8 Å². The number of hydrogen-bond acceptors (Lipinski definition) is 6. The molecule has 2 saturated heterocycles. The smallest absolute Gasteiger partial charge is 0.315 e. The molecule has 0 spiro atoms. The highest BCUT2D eigenvalue weighted by Crippen LogP contribution is 2.50. The molecule has 260 valence electrons. The molecule has 0 unspecified atom stereocenters. The Kier molecular flexibility index (Phi) is 15.8. The van der Waals surface area contributed by atoms with Crippen molar-refractivity contribution in [2.75, 3.05) is 18.8 Å². The van der Waals surface area contributed by atoms with E-state index >= 15 is 0 Å². The van der Waals surface area contributed by atoms with Gasteiger partial charge in [0.05, 0.1) is 24.3 Å². The van der Waals surface area contributed by atoms with E-state index in [1.54, 1.807) is 0 Å². The summed E-state index contributed by atoms with van der Waals surface area (Å²) in [5, 5.41) is 33.4. The minimum absolute atomic E-state index is 0.0511. The van der Waals surface area contributed by atoms with E-state index in [1.165, 1.54) is 5.57 Å². The van der Waals surface area contributed by atoms with Crippen molar-refractivity contribution in [3.8, 4) is 0 Å². The number of carbonyl (C=O) groups is 3. The van der Waals surface area contributed by atoms with Crippen LogP contribution in [0.3, 0.4) is 0 Å². The normalized spacial score (nSPS) is 29.9. The number of aliphatic hydroxyl groups excluding tert-OH is 2. The Balaban J connectivity index is 0.956. The predicted molar refractivity (Wildman–Crippen MR) is 185 cm³/mol. The first-order valence-electron chi connectivity index (χ1n) is 18.3. The molecule has 4 amide bonds. The summed E-state index contributed by atoms with van der Waals surface area (Å²) in [6, 6.07) is 0.437. The van der Waals surface area contributed by atoms with E-state index in [0.717, 1.165) is 102 Å². The second-order valence-corrected chi connectivity index (χ2v) is 15.3. The van der Waals surface area contributed by atoms with E-state index in [0.29, 0.717) is 43.0 Å².